The van der Waals surface area contributed by atoms with Crippen LogP contribution >= 0.6 is 11.3 Å². The van der Waals surface area contributed by atoms with Gasteiger partial charge in [0.15, 0.2) is 5.13 Å². The van der Waals surface area contributed by atoms with Gasteiger partial charge in [0.1, 0.15) is 47.0 Å². The predicted molar refractivity (Wildman–Crippen MR) is 223 cm³/mol. The number of thiazole rings is 1. The van der Waals surface area contributed by atoms with Crippen LogP contribution in [0, 0.1) is 23.7 Å². The number of methoxy groups -OCH3 is 1. The third-order valence-corrected chi connectivity index (χ3v) is 11.9. The quantitative estimate of drug-likeness (QED) is 0.135. The molecule has 5 unspecified atom stereocenters. The van der Waals surface area contributed by atoms with Crippen molar-refractivity contribution in [1.82, 2.24) is 25.5 Å². The Morgan fingerprint density at radius 1 is 1.03 bits per heavy atom. The molecule has 15 nitrogen and oxygen atoms in total. The van der Waals surface area contributed by atoms with E-state index in [0.717, 1.165) is 31.2 Å². The van der Waals surface area contributed by atoms with Gasteiger partial charge >= 0.3 is 12.1 Å². The zero-order chi connectivity index (χ0) is 43.0. The van der Waals surface area contributed by atoms with E-state index in [2.05, 4.69) is 27.5 Å². The average molecular weight is 833 g/mol. The van der Waals surface area contributed by atoms with Gasteiger partial charge in [-0.1, -0.05) is 47.6 Å². The molecule has 1 aromatic carbocycles. The molecular formula is C43H56N6O9S. The number of likely N-dealkylation sites (tertiary alicyclic amines) is 1. The molecule has 2 aliphatic carbocycles. The molecule has 6 rings (SSSR count). The number of hydrogen-bond donors (Lipinski definition) is 4. The number of alkyl carbamates (subject to hydrolysis) is 1. The molecule has 0 spiro atoms. The summed E-state index contributed by atoms with van der Waals surface area (Å²) in [7, 11) is 1.57. The van der Waals surface area contributed by atoms with Crippen LogP contribution in [0.25, 0.3) is 22.3 Å². The number of carbonyl (C=O) groups is 5. The maximum atomic E-state index is 14.7. The number of aryl methyl sites for hydroxylation is 1. The Hall–Kier alpha value is -5.25. The normalized spacial score (nSPS) is 22.4. The number of pyridine rings is 1. The van der Waals surface area contributed by atoms with Crippen LogP contribution in [-0.2, 0) is 23.9 Å². The van der Waals surface area contributed by atoms with Gasteiger partial charge in [-0.2, -0.15) is 0 Å². The van der Waals surface area contributed by atoms with Crippen molar-refractivity contribution >= 4 is 57.2 Å². The number of fused-ring (bicyclic) bond motifs is 1. The van der Waals surface area contributed by atoms with Crippen molar-refractivity contribution < 1.29 is 43.3 Å². The first-order valence-electron chi connectivity index (χ1n) is 20.1. The molecule has 2 aromatic heterocycles. The number of nitrogens with zero attached hydrogens (tertiary/aromatic N) is 3. The Morgan fingerprint density at radius 2 is 1.75 bits per heavy atom. The van der Waals surface area contributed by atoms with Gasteiger partial charge in [0.2, 0.25) is 17.7 Å². The Bertz CT molecular complexity index is 2130. The van der Waals surface area contributed by atoms with Crippen LogP contribution in [0.3, 0.4) is 0 Å². The molecule has 1 saturated heterocycles. The van der Waals surface area contributed by atoms with Crippen LogP contribution < -0.4 is 25.4 Å². The number of aromatic nitrogens is 2. The Balaban J connectivity index is 1.33. The molecule has 3 aliphatic rings. The van der Waals surface area contributed by atoms with Crippen molar-refractivity contribution in [3.63, 3.8) is 0 Å². The van der Waals surface area contributed by atoms with E-state index in [9.17, 15) is 29.1 Å². The number of nitrogens with one attached hydrogen (secondary N) is 3. The standard InChI is InChI=1S/C43H56N6O9S/c1-10-24-19-43(24,38(53)54)48-36(51)31-16-26(21-49(31)37(52)35(42(6,7)8)47-40(55)58-25-13-11-12-14-25)57-33-18-29(44-28-17-32(56-9)23(2)15-27(28)33)30-22-59-39(45-30)46-34(50)20-41(3,4)5/h10,15,17-18,22,24-26,31,35H,1,11-14,16,19-21H2,2-9H3,(H,47,55)(H,48,51)(H,53,54)(H,45,46,50). The molecule has 3 aromatic rings. The zero-order valence-corrected chi connectivity index (χ0v) is 35.9. The highest BCUT2D eigenvalue weighted by molar-refractivity contribution is 7.14. The number of aliphatic carboxylic acids is 1. The molecule has 0 bridgehead atoms. The summed E-state index contributed by atoms with van der Waals surface area (Å²) >= 11 is 1.27. The highest BCUT2D eigenvalue weighted by atomic mass is 32.1. The van der Waals surface area contributed by atoms with Crippen LogP contribution in [0.4, 0.5) is 9.93 Å². The molecule has 0 radical (unpaired) electrons. The van der Waals surface area contributed by atoms with Gasteiger partial charge in [0.05, 0.1) is 24.9 Å². The first kappa shape index (κ1) is 43.3. The fourth-order valence-electron chi connectivity index (χ4n) is 7.87. The molecular weight excluding hydrogens is 777 g/mol. The number of benzene rings is 1. The Kier molecular flexibility index (Phi) is 12.3. The van der Waals surface area contributed by atoms with E-state index in [4.69, 9.17) is 19.2 Å². The SMILES string of the molecule is C=CC1CC1(NC(=O)C1CC(Oc2cc(-c3csc(NC(=O)CC(C)(C)C)n3)nc3cc(OC)c(C)cc23)CN1C(=O)C(NC(=O)OC1CCCC1)C(C)(C)C)C(=O)O. The summed E-state index contributed by atoms with van der Waals surface area (Å²) < 4.78 is 18.0. The van der Waals surface area contributed by atoms with E-state index in [1.54, 1.807) is 24.6 Å². The average Bonchev–Trinajstić information content (AvgIpc) is 3.55. The van der Waals surface area contributed by atoms with Gasteiger partial charge in [0, 0.05) is 41.7 Å². The Labute approximate surface area is 348 Å². The van der Waals surface area contributed by atoms with Crippen LogP contribution in [0.2, 0.25) is 0 Å². The number of amides is 4. The van der Waals surface area contributed by atoms with Crippen molar-refractivity contribution in [3.05, 3.63) is 41.8 Å². The lowest BCUT2D eigenvalue weighted by molar-refractivity contribution is -0.146. The second-order valence-corrected chi connectivity index (χ2v) is 19.1. The highest BCUT2D eigenvalue weighted by Crippen LogP contribution is 2.45. The molecule has 16 heteroatoms. The fourth-order valence-corrected chi connectivity index (χ4v) is 8.59. The van der Waals surface area contributed by atoms with Gasteiger partial charge in [-0.15, -0.1) is 17.9 Å². The second kappa shape index (κ2) is 16.8. The lowest BCUT2D eigenvalue weighted by atomic mass is 9.85. The summed E-state index contributed by atoms with van der Waals surface area (Å²) in [6.45, 7) is 16.9. The molecule has 59 heavy (non-hydrogen) atoms. The topological polar surface area (TPSA) is 198 Å². The van der Waals surface area contributed by atoms with Gasteiger partial charge in [-0.3, -0.25) is 14.4 Å². The minimum atomic E-state index is -1.54. The van der Waals surface area contributed by atoms with Crippen LogP contribution in [0.1, 0.15) is 92.1 Å². The maximum absolute atomic E-state index is 14.7. The van der Waals surface area contributed by atoms with Gasteiger partial charge in [-0.05, 0) is 61.5 Å². The van der Waals surface area contributed by atoms with Crippen LogP contribution in [0.5, 0.6) is 11.5 Å². The summed E-state index contributed by atoms with van der Waals surface area (Å²) in [4.78, 5) is 78.1. The highest BCUT2D eigenvalue weighted by Gasteiger charge is 2.61. The summed E-state index contributed by atoms with van der Waals surface area (Å²) in [5.74, 6) is -1.99. The number of carbonyl (C=O) groups excluding carboxylic acids is 4. The monoisotopic (exact) mass is 832 g/mol. The third kappa shape index (κ3) is 9.80. The van der Waals surface area contributed by atoms with Gasteiger partial charge in [-0.25, -0.2) is 19.6 Å². The predicted octanol–water partition coefficient (Wildman–Crippen LogP) is 6.63. The lowest BCUT2D eigenvalue weighted by Gasteiger charge is -2.35. The van der Waals surface area contributed by atoms with E-state index in [1.165, 1.54) is 22.3 Å². The molecule has 5 atom stereocenters. The minimum absolute atomic E-state index is 0.0182. The van der Waals surface area contributed by atoms with E-state index >= 15 is 0 Å². The summed E-state index contributed by atoms with van der Waals surface area (Å²) in [5.41, 5.74) is -0.234. The van der Waals surface area contributed by atoms with Gasteiger partial charge < -0.3 is 40.2 Å². The largest absolute Gasteiger partial charge is 0.496 e. The second-order valence-electron chi connectivity index (χ2n) is 18.2. The third-order valence-electron chi connectivity index (χ3n) is 11.1. The molecule has 4 N–H and O–H groups in total. The van der Waals surface area contributed by atoms with Crippen molar-refractivity contribution in [1.29, 1.82) is 0 Å². The molecule has 1 aliphatic heterocycles. The van der Waals surface area contributed by atoms with E-state index in [-0.39, 0.29) is 36.8 Å². The number of rotatable bonds is 13. The smallest absolute Gasteiger partial charge is 0.408 e. The number of carboxylic acids is 1. The first-order chi connectivity index (χ1) is 27.7. The maximum Gasteiger partial charge on any atom is 0.408 e. The summed E-state index contributed by atoms with van der Waals surface area (Å²) in [5, 5.41) is 21.4. The number of anilines is 1. The zero-order valence-electron chi connectivity index (χ0n) is 35.1. The summed E-state index contributed by atoms with van der Waals surface area (Å²) in [6, 6.07) is 3.18. The summed E-state index contributed by atoms with van der Waals surface area (Å²) in [6.07, 6.45) is 3.73. The van der Waals surface area contributed by atoms with Crippen molar-refractivity contribution in [2.24, 2.45) is 16.7 Å². The van der Waals surface area contributed by atoms with Crippen molar-refractivity contribution in [3.8, 4) is 22.9 Å². The van der Waals surface area contributed by atoms with E-state index in [0.29, 0.717) is 45.3 Å². The molecule has 318 valence electrons. The van der Waals surface area contributed by atoms with E-state index < -0.39 is 58.9 Å². The van der Waals surface area contributed by atoms with E-state index in [1.807, 2.05) is 54.5 Å². The number of carboxylic acid groups (broad SMARTS) is 1. The van der Waals surface area contributed by atoms with Crippen LogP contribution in [0.15, 0.2) is 36.2 Å². The molecule has 3 fully saturated rings. The van der Waals surface area contributed by atoms with Gasteiger partial charge in [0.25, 0.3) is 0 Å². The fraction of sp³-hybridized carbons (Fsp3) is 0.558. The molecule has 2 saturated carbocycles. The van der Waals surface area contributed by atoms with Crippen molar-refractivity contribution in [2.45, 2.75) is 123 Å². The first-order valence-corrected chi connectivity index (χ1v) is 21.0. The van der Waals surface area contributed by atoms with Crippen molar-refractivity contribution in [2.75, 3.05) is 19.0 Å². The van der Waals surface area contributed by atoms with Crippen LogP contribution in [-0.4, -0.2) is 93.2 Å². The lowest BCUT2D eigenvalue weighted by Crippen LogP contribution is -2.59. The minimum Gasteiger partial charge on any atom is -0.496 e. The number of ether oxygens (including phenoxy) is 3. The molecule has 4 amide bonds. The Morgan fingerprint density at radius 3 is 2.36 bits per heavy atom. The molecule has 3 heterocycles. The number of hydrogen-bond acceptors (Lipinski definition) is 11.